The lowest BCUT2D eigenvalue weighted by molar-refractivity contribution is 0.282. The van der Waals surface area contributed by atoms with Gasteiger partial charge in [0.15, 0.2) is 0 Å². The second-order valence-corrected chi connectivity index (χ2v) is 5.60. The molecule has 1 N–H and O–H groups in total. The van der Waals surface area contributed by atoms with Crippen LogP contribution >= 0.6 is 22.9 Å². The van der Waals surface area contributed by atoms with Gasteiger partial charge in [-0.2, -0.15) is 0 Å². The van der Waals surface area contributed by atoms with Crippen molar-refractivity contribution < 1.29 is 5.11 Å². The van der Waals surface area contributed by atoms with Crippen molar-refractivity contribution in [2.75, 3.05) is 0 Å². The molecule has 0 aliphatic heterocycles. The summed E-state index contributed by atoms with van der Waals surface area (Å²) in [5, 5.41) is 11.1. The average molecular weight is 275 g/mol. The Hall–Kier alpha value is -1.35. The van der Waals surface area contributed by atoms with Gasteiger partial charge in [-0.15, -0.1) is 11.3 Å². The summed E-state index contributed by atoms with van der Waals surface area (Å²) in [7, 11) is 0. The molecule has 3 aromatic rings. The van der Waals surface area contributed by atoms with E-state index in [-0.39, 0.29) is 6.61 Å². The second kappa shape index (κ2) is 4.73. The van der Waals surface area contributed by atoms with Gasteiger partial charge >= 0.3 is 0 Å². The van der Waals surface area contributed by atoms with Gasteiger partial charge in [0.25, 0.3) is 0 Å². The van der Waals surface area contributed by atoms with Crippen molar-refractivity contribution in [2.24, 2.45) is 0 Å². The maximum Gasteiger partial charge on any atom is 0.0696 e. The standard InChI is InChI=1S/C15H11ClOS/c16-13-6-5-11(7-12(13)9-17)15-8-10-3-1-2-4-14(10)18-15/h1-8,17H,9H2. The molecule has 0 spiro atoms. The van der Waals surface area contributed by atoms with Crippen molar-refractivity contribution in [3.8, 4) is 10.4 Å². The van der Waals surface area contributed by atoms with Crippen LogP contribution in [0.1, 0.15) is 5.56 Å². The SMILES string of the molecule is OCc1cc(-c2cc3ccccc3s2)ccc1Cl. The normalized spacial score (nSPS) is 11.0. The average Bonchev–Trinajstić information content (AvgIpc) is 2.83. The quantitative estimate of drug-likeness (QED) is 0.717. The van der Waals surface area contributed by atoms with E-state index < -0.39 is 0 Å². The van der Waals surface area contributed by atoms with E-state index in [9.17, 15) is 5.11 Å². The highest BCUT2D eigenvalue weighted by Gasteiger charge is 2.06. The van der Waals surface area contributed by atoms with Crippen molar-refractivity contribution in [1.82, 2.24) is 0 Å². The van der Waals surface area contributed by atoms with E-state index in [0.29, 0.717) is 5.02 Å². The smallest absolute Gasteiger partial charge is 0.0696 e. The first kappa shape index (κ1) is 11.7. The number of fused-ring (bicyclic) bond motifs is 1. The molecule has 0 amide bonds. The lowest BCUT2D eigenvalue weighted by Crippen LogP contribution is -1.85. The predicted molar refractivity (Wildman–Crippen MR) is 78.2 cm³/mol. The Morgan fingerprint density at radius 3 is 2.67 bits per heavy atom. The van der Waals surface area contributed by atoms with E-state index in [1.807, 2.05) is 30.3 Å². The number of halogens is 1. The first-order valence-electron chi connectivity index (χ1n) is 5.66. The van der Waals surface area contributed by atoms with Crippen LogP contribution in [-0.4, -0.2) is 5.11 Å². The largest absolute Gasteiger partial charge is 0.392 e. The highest BCUT2D eigenvalue weighted by Crippen LogP contribution is 2.34. The number of benzene rings is 2. The molecule has 0 aliphatic rings. The zero-order chi connectivity index (χ0) is 12.5. The molecule has 3 rings (SSSR count). The minimum absolute atomic E-state index is 0.0302. The van der Waals surface area contributed by atoms with Crippen LogP contribution in [0, 0.1) is 0 Å². The Morgan fingerprint density at radius 2 is 1.89 bits per heavy atom. The molecule has 0 saturated heterocycles. The first-order valence-corrected chi connectivity index (χ1v) is 6.85. The molecule has 1 nitrogen and oxygen atoms in total. The summed E-state index contributed by atoms with van der Waals surface area (Å²) in [5.41, 5.74) is 1.87. The van der Waals surface area contributed by atoms with Gasteiger partial charge in [0, 0.05) is 14.6 Å². The minimum atomic E-state index is -0.0302. The molecule has 18 heavy (non-hydrogen) atoms. The molecule has 3 heteroatoms. The van der Waals surface area contributed by atoms with E-state index in [4.69, 9.17) is 11.6 Å². The molecule has 0 unspecified atom stereocenters. The Balaban J connectivity index is 2.13. The monoisotopic (exact) mass is 274 g/mol. The minimum Gasteiger partial charge on any atom is -0.392 e. The van der Waals surface area contributed by atoms with E-state index in [1.54, 1.807) is 11.3 Å². The van der Waals surface area contributed by atoms with Crippen molar-refractivity contribution in [3.05, 3.63) is 59.1 Å². The van der Waals surface area contributed by atoms with Gasteiger partial charge in [-0.05, 0) is 40.8 Å². The van der Waals surface area contributed by atoms with E-state index in [2.05, 4.69) is 18.2 Å². The molecule has 0 bridgehead atoms. The molecule has 0 radical (unpaired) electrons. The van der Waals surface area contributed by atoms with Crippen molar-refractivity contribution >= 4 is 33.0 Å². The van der Waals surface area contributed by atoms with Crippen molar-refractivity contribution in [3.63, 3.8) is 0 Å². The highest BCUT2D eigenvalue weighted by atomic mass is 35.5. The van der Waals surface area contributed by atoms with Crippen LogP contribution in [0.15, 0.2) is 48.5 Å². The first-order chi connectivity index (χ1) is 8.78. The fraction of sp³-hybridized carbons (Fsp3) is 0.0667. The summed E-state index contributed by atoms with van der Waals surface area (Å²) in [4.78, 5) is 1.20. The number of thiophene rings is 1. The van der Waals surface area contributed by atoms with Gasteiger partial charge < -0.3 is 5.11 Å². The number of aliphatic hydroxyl groups excluding tert-OH is 1. The molecule has 0 atom stereocenters. The Kier molecular flexibility index (Phi) is 3.08. The summed E-state index contributed by atoms with van der Waals surface area (Å²) in [6.45, 7) is -0.0302. The van der Waals surface area contributed by atoms with Gasteiger partial charge in [-0.1, -0.05) is 35.9 Å². The van der Waals surface area contributed by atoms with Gasteiger partial charge in [0.2, 0.25) is 0 Å². The predicted octanol–water partition coefficient (Wildman–Crippen LogP) is 4.71. The maximum absolute atomic E-state index is 9.25. The van der Waals surface area contributed by atoms with Gasteiger partial charge in [-0.25, -0.2) is 0 Å². The van der Waals surface area contributed by atoms with Crippen LogP contribution in [0.4, 0.5) is 0 Å². The topological polar surface area (TPSA) is 20.2 Å². The van der Waals surface area contributed by atoms with Crippen LogP contribution in [0.3, 0.4) is 0 Å². The summed E-state index contributed by atoms with van der Waals surface area (Å²) in [6.07, 6.45) is 0. The lowest BCUT2D eigenvalue weighted by Gasteiger charge is -2.03. The third kappa shape index (κ3) is 2.03. The fourth-order valence-corrected chi connectivity index (χ4v) is 3.21. The number of rotatable bonds is 2. The fourth-order valence-electron chi connectivity index (χ4n) is 1.97. The summed E-state index contributed by atoms with van der Waals surface area (Å²) >= 11 is 7.76. The maximum atomic E-state index is 9.25. The van der Waals surface area contributed by atoms with Gasteiger partial charge in [0.05, 0.1) is 6.61 Å². The second-order valence-electron chi connectivity index (χ2n) is 4.11. The van der Waals surface area contributed by atoms with Crippen molar-refractivity contribution in [2.45, 2.75) is 6.61 Å². The molecule has 0 aliphatic carbocycles. The molecular weight excluding hydrogens is 264 g/mol. The molecule has 0 saturated carbocycles. The van der Waals surface area contributed by atoms with Crippen LogP contribution in [0.2, 0.25) is 5.02 Å². The lowest BCUT2D eigenvalue weighted by atomic mass is 10.1. The Labute approximate surface area is 114 Å². The van der Waals surface area contributed by atoms with E-state index in [0.717, 1.165) is 11.1 Å². The van der Waals surface area contributed by atoms with E-state index in [1.165, 1.54) is 15.0 Å². The highest BCUT2D eigenvalue weighted by molar-refractivity contribution is 7.22. The molecular formula is C15H11ClOS. The Bertz CT molecular complexity index is 670. The summed E-state index contributed by atoms with van der Waals surface area (Å²) < 4.78 is 1.27. The Morgan fingerprint density at radius 1 is 1.06 bits per heavy atom. The molecule has 0 fully saturated rings. The third-order valence-electron chi connectivity index (χ3n) is 2.93. The van der Waals surface area contributed by atoms with Crippen molar-refractivity contribution in [1.29, 1.82) is 0 Å². The van der Waals surface area contributed by atoms with Crippen LogP contribution in [0.5, 0.6) is 0 Å². The van der Waals surface area contributed by atoms with E-state index >= 15 is 0 Å². The van der Waals surface area contributed by atoms with Crippen LogP contribution in [-0.2, 0) is 6.61 Å². The molecule has 1 aromatic heterocycles. The number of aliphatic hydroxyl groups is 1. The van der Waals surface area contributed by atoms with Crippen LogP contribution < -0.4 is 0 Å². The third-order valence-corrected chi connectivity index (χ3v) is 4.46. The van der Waals surface area contributed by atoms with Gasteiger partial charge in [-0.3, -0.25) is 0 Å². The van der Waals surface area contributed by atoms with Gasteiger partial charge in [0.1, 0.15) is 0 Å². The molecule has 90 valence electrons. The summed E-state index contributed by atoms with van der Waals surface area (Å²) in [6, 6.07) is 16.3. The number of hydrogen-bond donors (Lipinski definition) is 1. The van der Waals surface area contributed by atoms with Crippen LogP contribution in [0.25, 0.3) is 20.5 Å². The summed E-state index contributed by atoms with van der Waals surface area (Å²) in [5.74, 6) is 0. The molecule has 2 aromatic carbocycles. The zero-order valence-electron chi connectivity index (χ0n) is 9.56. The molecule has 1 heterocycles. The number of hydrogen-bond acceptors (Lipinski definition) is 2. The zero-order valence-corrected chi connectivity index (χ0v) is 11.1.